The van der Waals surface area contributed by atoms with Crippen LogP contribution in [0.1, 0.15) is 19.4 Å². The summed E-state index contributed by atoms with van der Waals surface area (Å²) in [5, 5.41) is 18.0. The van der Waals surface area contributed by atoms with Gasteiger partial charge in [0, 0.05) is 11.7 Å². The van der Waals surface area contributed by atoms with E-state index < -0.39 is 10.0 Å². The van der Waals surface area contributed by atoms with Gasteiger partial charge < -0.3 is 5.32 Å². The summed E-state index contributed by atoms with van der Waals surface area (Å²) < 4.78 is 27.6. The monoisotopic (exact) mass is 456 g/mol. The Hall–Kier alpha value is -2.09. The molecule has 0 aliphatic heterocycles. The maximum absolute atomic E-state index is 12.4. The predicted molar refractivity (Wildman–Crippen MR) is 110 cm³/mol. The van der Waals surface area contributed by atoms with Crippen LogP contribution in [0.5, 0.6) is 0 Å². The number of rotatable bonds is 8. The van der Waals surface area contributed by atoms with Gasteiger partial charge in [0.25, 0.3) is 14.4 Å². The Kier molecular flexibility index (Phi) is 6.59. The lowest BCUT2D eigenvalue weighted by Gasteiger charge is -2.02. The normalized spacial score (nSPS) is 11.5. The second-order valence-corrected chi connectivity index (χ2v) is 10.8. The van der Waals surface area contributed by atoms with Crippen LogP contribution in [0.3, 0.4) is 0 Å². The van der Waals surface area contributed by atoms with Crippen molar-refractivity contribution < 1.29 is 13.2 Å². The van der Waals surface area contributed by atoms with Gasteiger partial charge in [0.05, 0.1) is 0 Å². The molecule has 3 rings (SSSR count). The quantitative estimate of drug-likeness (QED) is 0.391. The summed E-state index contributed by atoms with van der Waals surface area (Å²) in [6.45, 7) is 3.44. The highest BCUT2D eigenvalue weighted by molar-refractivity contribution is 8.00. The lowest BCUT2D eigenvalue weighted by Crippen LogP contribution is -2.17. The standard InChI is InChI=1S/C15H16N6O3S4/c1-9(2)11(22)16-12-17-20-15(27-12)28(23,24)21-13-18-19-14(26-13)25-8-10-6-4-3-5-7-10/h3-7,9H,8H2,1-2H3,(H,18,21)(H,16,17,22). The number of carbonyl (C=O) groups is 1. The first-order chi connectivity index (χ1) is 13.3. The van der Waals surface area contributed by atoms with Crippen LogP contribution in [0.25, 0.3) is 0 Å². The van der Waals surface area contributed by atoms with E-state index in [1.54, 1.807) is 13.8 Å². The SMILES string of the molecule is CC(C)C(=O)Nc1nnc(S(=O)(=O)Nc2nnc(SCc3ccccc3)s2)s1. The molecule has 0 fully saturated rings. The number of thioether (sulfide) groups is 1. The fourth-order valence-corrected chi connectivity index (χ4v) is 5.65. The van der Waals surface area contributed by atoms with Gasteiger partial charge in [0.15, 0.2) is 4.34 Å². The lowest BCUT2D eigenvalue weighted by molar-refractivity contribution is -0.118. The van der Waals surface area contributed by atoms with Gasteiger partial charge in [-0.1, -0.05) is 78.6 Å². The zero-order chi connectivity index (χ0) is 20.1. The third-order valence-corrected chi connectivity index (χ3v) is 7.94. The fourth-order valence-electron chi connectivity index (χ4n) is 1.81. The van der Waals surface area contributed by atoms with Crippen molar-refractivity contribution in [3.8, 4) is 0 Å². The average molecular weight is 457 g/mol. The molecule has 2 aromatic heterocycles. The van der Waals surface area contributed by atoms with E-state index in [1.165, 1.54) is 11.8 Å². The number of nitrogens with one attached hydrogen (secondary N) is 2. The highest BCUT2D eigenvalue weighted by atomic mass is 32.2. The number of nitrogens with zero attached hydrogens (tertiary/aromatic N) is 4. The van der Waals surface area contributed by atoms with Crippen LogP contribution < -0.4 is 10.0 Å². The average Bonchev–Trinajstić information content (AvgIpc) is 3.30. The molecule has 9 nitrogen and oxygen atoms in total. The molecule has 3 aromatic rings. The number of sulfonamides is 1. The third kappa shape index (κ3) is 5.47. The van der Waals surface area contributed by atoms with Gasteiger partial charge in [-0.25, -0.2) is 0 Å². The molecular formula is C15H16N6O3S4. The smallest absolute Gasteiger partial charge is 0.293 e. The van der Waals surface area contributed by atoms with Crippen molar-refractivity contribution in [2.24, 2.45) is 5.92 Å². The van der Waals surface area contributed by atoms with Crippen LogP contribution >= 0.6 is 34.4 Å². The van der Waals surface area contributed by atoms with Crippen molar-refractivity contribution in [1.82, 2.24) is 20.4 Å². The highest BCUT2D eigenvalue weighted by Gasteiger charge is 2.23. The first-order valence-electron chi connectivity index (χ1n) is 8.01. The molecule has 2 heterocycles. The Morgan fingerprint density at radius 1 is 1.07 bits per heavy atom. The molecule has 1 amide bonds. The Balaban J connectivity index is 1.62. The van der Waals surface area contributed by atoms with Gasteiger partial charge in [-0.15, -0.1) is 20.4 Å². The summed E-state index contributed by atoms with van der Waals surface area (Å²) in [6.07, 6.45) is 0. The minimum Gasteiger partial charge on any atom is -0.300 e. The number of hydrogen-bond donors (Lipinski definition) is 2. The van der Waals surface area contributed by atoms with Crippen molar-refractivity contribution in [3.63, 3.8) is 0 Å². The molecule has 1 aromatic carbocycles. The predicted octanol–water partition coefficient (Wildman–Crippen LogP) is 3.08. The number of anilines is 2. The molecule has 0 unspecified atom stereocenters. The molecule has 13 heteroatoms. The number of carbonyl (C=O) groups excluding carboxylic acids is 1. The van der Waals surface area contributed by atoms with Gasteiger partial charge in [0.2, 0.25) is 16.2 Å². The van der Waals surface area contributed by atoms with E-state index in [9.17, 15) is 13.2 Å². The second-order valence-electron chi connectivity index (χ2n) is 5.77. The first kappa shape index (κ1) is 20.6. The first-order valence-corrected chi connectivity index (χ1v) is 12.1. The van der Waals surface area contributed by atoms with Gasteiger partial charge in [0.1, 0.15) is 0 Å². The molecule has 0 saturated carbocycles. The van der Waals surface area contributed by atoms with Crippen molar-refractivity contribution >= 4 is 60.6 Å². The van der Waals surface area contributed by atoms with Crippen LogP contribution in [0, 0.1) is 5.92 Å². The largest absolute Gasteiger partial charge is 0.300 e. The maximum Gasteiger partial charge on any atom is 0.293 e. The van der Waals surface area contributed by atoms with E-state index >= 15 is 0 Å². The van der Waals surface area contributed by atoms with Crippen LogP contribution in [0.2, 0.25) is 0 Å². The van der Waals surface area contributed by atoms with Crippen LogP contribution in [0.15, 0.2) is 39.0 Å². The Labute approximate surface area is 174 Å². The molecule has 148 valence electrons. The van der Waals surface area contributed by atoms with E-state index in [0.29, 0.717) is 10.1 Å². The van der Waals surface area contributed by atoms with E-state index in [-0.39, 0.29) is 26.4 Å². The van der Waals surface area contributed by atoms with Crippen LogP contribution in [0.4, 0.5) is 10.3 Å². The van der Waals surface area contributed by atoms with Gasteiger partial charge in [-0.2, -0.15) is 8.42 Å². The molecule has 0 aliphatic carbocycles. The third-order valence-electron chi connectivity index (χ3n) is 3.22. The molecule has 28 heavy (non-hydrogen) atoms. The zero-order valence-corrected chi connectivity index (χ0v) is 18.1. The van der Waals surface area contributed by atoms with E-state index in [1.807, 2.05) is 30.3 Å². The Bertz CT molecular complexity index is 1050. The van der Waals surface area contributed by atoms with Crippen molar-refractivity contribution in [2.75, 3.05) is 10.0 Å². The number of benzene rings is 1. The minimum atomic E-state index is -3.96. The summed E-state index contributed by atoms with van der Waals surface area (Å²) in [6, 6.07) is 9.86. The van der Waals surface area contributed by atoms with Gasteiger partial charge in [-0.05, 0) is 5.56 Å². The second kappa shape index (κ2) is 8.94. The molecular weight excluding hydrogens is 440 g/mol. The van der Waals surface area contributed by atoms with Crippen LogP contribution in [-0.2, 0) is 20.6 Å². The summed E-state index contributed by atoms with van der Waals surface area (Å²) in [7, 11) is -3.96. The summed E-state index contributed by atoms with van der Waals surface area (Å²) in [4.78, 5) is 11.7. The van der Waals surface area contributed by atoms with Crippen molar-refractivity contribution in [2.45, 2.75) is 28.3 Å². The van der Waals surface area contributed by atoms with Crippen molar-refractivity contribution in [3.05, 3.63) is 35.9 Å². The Morgan fingerprint density at radius 3 is 2.50 bits per heavy atom. The number of hydrogen-bond acceptors (Lipinski definition) is 10. The molecule has 2 N–H and O–H groups in total. The molecule has 0 aliphatic rings. The molecule has 0 bridgehead atoms. The van der Waals surface area contributed by atoms with E-state index in [2.05, 4.69) is 30.4 Å². The highest BCUT2D eigenvalue weighted by Crippen LogP contribution is 2.30. The maximum atomic E-state index is 12.4. The number of aromatic nitrogens is 4. The van der Waals surface area contributed by atoms with Gasteiger partial charge >= 0.3 is 0 Å². The topological polar surface area (TPSA) is 127 Å². The summed E-state index contributed by atoms with van der Waals surface area (Å²) in [5.41, 5.74) is 1.13. The molecule has 0 atom stereocenters. The molecule has 0 spiro atoms. The van der Waals surface area contributed by atoms with E-state index in [0.717, 1.165) is 28.2 Å². The zero-order valence-electron chi connectivity index (χ0n) is 14.8. The van der Waals surface area contributed by atoms with E-state index in [4.69, 9.17) is 0 Å². The van der Waals surface area contributed by atoms with Gasteiger partial charge in [-0.3, -0.25) is 9.52 Å². The molecule has 0 saturated heterocycles. The fraction of sp³-hybridized carbons (Fsp3) is 0.267. The summed E-state index contributed by atoms with van der Waals surface area (Å²) in [5.74, 6) is 0.185. The molecule has 0 radical (unpaired) electrons. The minimum absolute atomic E-state index is 0.121. The van der Waals surface area contributed by atoms with Crippen LogP contribution in [-0.4, -0.2) is 34.7 Å². The lowest BCUT2D eigenvalue weighted by atomic mass is 10.2. The summed E-state index contributed by atoms with van der Waals surface area (Å²) >= 11 is 3.36. The Morgan fingerprint density at radius 2 is 1.79 bits per heavy atom. The number of amides is 1. The van der Waals surface area contributed by atoms with Crippen molar-refractivity contribution in [1.29, 1.82) is 0 Å².